The maximum atomic E-state index is 11.3. The van der Waals surface area contributed by atoms with Gasteiger partial charge in [-0.15, -0.1) is 0 Å². The van der Waals surface area contributed by atoms with E-state index in [1.54, 1.807) is 6.08 Å². The molecule has 1 fully saturated rings. The average molecular weight is 168 g/mol. The van der Waals surface area contributed by atoms with Gasteiger partial charge in [0.15, 0.2) is 5.78 Å². The Morgan fingerprint density at radius 3 is 2.83 bits per heavy atom. The zero-order valence-electron chi connectivity index (χ0n) is 7.80. The smallest absolute Gasteiger partial charge is 0.155 e. The molecule has 1 aliphatic rings. The van der Waals surface area contributed by atoms with Gasteiger partial charge in [0.05, 0.1) is 0 Å². The molecule has 1 unspecified atom stereocenters. The SMILES string of the molecule is CC(C)=CC(=O)CC1CCOC1. The maximum Gasteiger partial charge on any atom is 0.155 e. The van der Waals surface area contributed by atoms with E-state index in [1.807, 2.05) is 13.8 Å². The topological polar surface area (TPSA) is 26.3 Å². The number of carbonyl (C=O) groups excluding carboxylic acids is 1. The molecule has 0 aromatic carbocycles. The third kappa shape index (κ3) is 3.18. The van der Waals surface area contributed by atoms with E-state index < -0.39 is 0 Å². The summed E-state index contributed by atoms with van der Waals surface area (Å²) < 4.78 is 5.19. The standard InChI is InChI=1S/C10H16O2/c1-8(2)5-10(11)6-9-3-4-12-7-9/h5,9H,3-4,6-7H2,1-2H3. The number of allylic oxidation sites excluding steroid dienone is 2. The Balaban J connectivity index is 2.30. The van der Waals surface area contributed by atoms with Gasteiger partial charge in [0, 0.05) is 19.6 Å². The Morgan fingerprint density at radius 2 is 2.33 bits per heavy atom. The van der Waals surface area contributed by atoms with Crippen molar-refractivity contribution in [2.24, 2.45) is 5.92 Å². The number of ether oxygens (including phenoxy) is 1. The monoisotopic (exact) mass is 168 g/mol. The zero-order chi connectivity index (χ0) is 8.97. The van der Waals surface area contributed by atoms with E-state index in [2.05, 4.69) is 0 Å². The fourth-order valence-corrected chi connectivity index (χ4v) is 1.41. The highest BCUT2D eigenvalue weighted by Crippen LogP contribution is 2.16. The molecule has 2 heteroatoms. The van der Waals surface area contributed by atoms with Gasteiger partial charge in [-0.1, -0.05) is 5.57 Å². The van der Waals surface area contributed by atoms with E-state index in [9.17, 15) is 4.79 Å². The summed E-state index contributed by atoms with van der Waals surface area (Å²) in [4.78, 5) is 11.3. The number of hydrogen-bond acceptors (Lipinski definition) is 2. The summed E-state index contributed by atoms with van der Waals surface area (Å²) in [7, 11) is 0. The van der Waals surface area contributed by atoms with Crippen LogP contribution in [0.1, 0.15) is 26.7 Å². The summed E-state index contributed by atoms with van der Waals surface area (Å²) in [5.74, 6) is 0.707. The molecule has 0 bridgehead atoms. The Labute approximate surface area is 73.6 Å². The molecule has 0 N–H and O–H groups in total. The molecule has 0 aromatic rings. The molecular formula is C10H16O2. The molecule has 0 aromatic heterocycles. The molecule has 2 nitrogen and oxygen atoms in total. The minimum atomic E-state index is 0.241. The zero-order valence-corrected chi connectivity index (χ0v) is 7.80. The molecule has 1 heterocycles. The molecule has 0 aliphatic carbocycles. The van der Waals surface area contributed by atoms with Crippen LogP contribution < -0.4 is 0 Å². The fraction of sp³-hybridized carbons (Fsp3) is 0.700. The Hall–Kier alpha value is -0.630. The predicted octanol–water partition coefficient (Wildman–Crippen LogP) is 1.95. The second kappa shape index (κ2) is 4.41. The predicted molar refractivity (Wildman–Crippen MR) is 48.0 cm³/mol. The number of carbonyl (C=O) groups is 1. The van der Waals surface area contributed by atoms with Gasteiger partial charge in [0.25, 0.3) is 0 Å². The van der Waals surface area contributed by atoms with E-state index in [4.69, 9.17) is 4.74 Å². The van der Waals surface area contributed by atoms with Crippen LogP contribution in [0.25, 0.3) is 0 Å². The molecule has 0 amide bonds. The van der Waals surface area contributed by atoms with Gasteiger partial charge in [-0.25, -0.2) is 0 Å². The molecule has 1 atom stereocenters. The van der Waals surface area contributed by atoms with Crippen molar-refractivity contribution >= 4 is 5.78 Å². The minimum absolute atomic E-state index is 0.241. The van der Waals surface area contributed by atoms with Crippen molar-refractivity contribution in [2.45, 2.75) is 26.7 Å². The average Bonchev–Trinajstić information content (AvgIpc) is 2.37. The van der Waals surface area contributed by atoms with Crippen LogP contribution in [0.15, 0.2) is 11.6 Å². The van der Waals surface area contributed by atoms with Crippen LogP contribution in [0.4, 0.5) is 0 Å². The Morgan fingerprint density at radius 1 is 1.58 bits per heavy atom. The first-order valence-corrected chi connectivity index (χ1v) is 4.44. The molecule has 1 aliphatic heterocycles. The quantitative estimate of drug-likeness (QED) is 0.602. The van der Waals surface area contributed by atoms with Gasteiger partial charge in [-0.05, 0) is 32.3 Å². The summed E-state index contributed by atoms with van der Waals surface area (Å²) in [6, 6.07) is 0. The van der Waals surface area contributed by atoms with E-state index in [1.165, 1.54) is 0 Å². The first-order chi connectivity index (χ1) is 5.68. The van der Waals surface area contributed by atoms with Crippen LogP contribution in [0.2, 0.25) is 0 Å². The third-order valence-corrected chi connectivity index (χ3v) is 1.96. The lowest BCUT2D eigenvalue weighted by atomic mass is 10.0. The lowest BCUT2D eigenvalue weighted by molar-refractivity contribution is -0.115. The van der Waals surface area contributed by atoms with Crippen molar-refractivity contribution in [3.05, 3.63) is 11.6 Å². The third-order valence-electron chi connectivity index (χ3n) is 1.96. The van der Waals surface area contributed by atoms with E-state index in [0.717, 1.165) is 25.2 Å². The van der Waals surface area contributed by atoms with Crippen LogP contribution in [0.3, 0.4) is 0 Å². The molecule has 68 valence electrons. The van der Waals surface area contributed by atoms with E-state index in [-0.39, 0.29) is 5.78 Å². The van der Waals surface area contributed by atoms with Gasteiger partial charge in [0.2, 0.25) is 0 Å². The van der Waals surface area contributed by atoms with Gasteiger partial charge >= 0.3 is 0 Å². The Kier molecular flexibility index (Phi) is 3.48. The van der Waals surface area contributed by atoms with Crippen molar-refractivity contribution < 1.29 is 9.53 Å². The van der Waals surface area contributed by atoms with Crippen molar-refractivity contribution in [3.8, 4) is 0 Å². The lowest BCUT2D eigenvalue weighted by Crippen LogP contribution is -2.06. The van der Waals surface area contributed by atoms with Gasteiger partial charge in [0.1, 0.15) is 0 Å². The van der Waals surface area contributed by atoms with Gasteiger partial charge in [-0.3, -0.25) is 4.79 Å². The van der Waals surface area contributed by atoms with Crippen LogP contribution >= 0.6 is 0 Å². The lowest BCUT2D eigenvalue weighted by Gasteiger charge is -2.02. The summed E-state index contributed by atoms with van der Waals surface area (Å²) in [6.07, 6.45) is 3.42. The van der Waals surface area contributed by atoms with E-state index >= 15 is 0 Å². The highest BCUT2D eigenvalue weighted by Gasteiger charge is 2.17. The van der Waals surface area contributed by atoms with Crippen LogP contribution in [-0.4, -0.2) is 19.0 Å². The van der Waals surface area contributed by atoms with Crippen molar-refractivity contribution in [1.29, 1.82) is 0 Å². The number of hydrogen-bond donors (Lipinski definition) is 0. The highest BCUT2D eigenvalue weighted by molar-refractivity contribution is 5.90. The normalized spacial score (nSPS) is 22.3. The summed E-state index contributed by atoms with van der Waals surface area (Å²) >= 11 is 0. The second-order valence-electron chi connectivity index (χ2n) is 3.62. The van der Waals surface area contributed by atoms with Crippen molar-refractivity contribution in [2.75, 3.05) is 13.2 Å². The molecule has 1 saturated heterocycles. The van der Waals surface area contributed by atoms with Crippen LogP contribution in [-0.2, 0) is 9.53 Å². The highest BCUT2D eigenvalue weighted by atomic mass is 16.5. The molecular weight excluding hydrogens is 152 g/mol. The molecule has 0 spiro atoms. The van der Waals surface area contributed by atoms with E-state index in [0.29, 0.717) is 12.3 Å². The molecule has 1 rings (SSSR count). The first-order valence-electron chi connectivity index (χ1n) is 4.44. The maximum absolute atomic E-state index is 11.3. The number of rotatable bonds is 3. The molecule has 0 radical (unpaired) electrons. The fourth-order valence-electron chi connectivity index (χ4n) is 1.41. The van der Waals surface area contributed by atoms with Gasteiger partial charge in [-0.2, -0.15) is 0 Å². The Bertz CT molecular complexity index is 184. The van der Waals surface area contributed by atoms with Crippen molar-refractivity contribution in [3.63, 3.8) is 0 Å². The van der Waals surface area contributed by atoms with Crippen molar-refractivity contribution in [1.82, 2.24) is 0 Å². The molecule has 0 saturated carbocycles. The summed E-state index contributed by atoms with van der Waals surface area (Å²) in [6.45, 7) is 5.49. The van der Waals surface area contributed by atoms with Crippen LogP contribution in [0, 0.1) is 5.92 Å². The number of ketones is 1. The van der Waals surface area contributed by atoms with Gasteiger partial charge < -0.3 is 4.74 Å². The first kappa shape index (κ1) is 9.46. The summed E-state index contributed by atoms with van der Waals surface area (Å²) in [5, 5.41) is 0. The summed E-state index contributed by atoms with van der Waals surface area (Å²) in [5.41, 5.74) is 1.08. The molecule has 12 heavy (non-hydrogen) atoms. The largest absolute Gasteiger partial charge is 0.381 e. The van der Waals surface area contributed by atoms with Crippen LogP contribution in [0.5, 0.6) is 0 Å². The second-order valence-corrected chi connectivity index (χ2v) is 3.62. The minimum Gasteiger partial charge on any atom is -0.381 e.